The van der Waals surface area contributed by atoms with Gasteiger partial charge in [-0.05, 0) is 44.0 Å². The van der Waals surface area contributed by atoms with Gasteiger partial charge in [0, 0.05) is 16.7 Å². The van der Waals surface area contributed by atoms with Crippen molar-refractivity contribution in [3.63, 3.8) is 0 Å². The van der Waals surface area contributed by atoms with Gasteiger partial charge in [0.1, 0.15) is 0 Å². The zero-order chi connectivity index (χ0) is 17.6. The van der Waals surface area contributed by atoms with Gasteiger partial charge in [-0.15, -0.1) is 11.3 Å². The summed E-state index contributed by atoms with van der Waals surface area (Å²) in [4.78, 5) is 0. The molecule has 0 atom stereocenters. The smallest absolute Gasteiger partial charge is 0.182 e. The van der Waals surface area contributed by atoms with Gasteiger partial charge in [0.2, 0.25) is 0 Å². The Bertz CT molecular complexity index is 969. The maximum absolute atomic E-state index is 14.9. The van der Waals surface area contributed by atoms with E-state index in [2.05, 4.69) is 6.58 Å². The highest BCUT2D eigenvalue weighted by atomic mass is 32.1. The maximum Gasteiger partial charge on any atom is 0.182 e. The molecule has 130 valence electrons. The number of hydrogen-bond acceptors (Lipinski definition) is 3. The molecule has 1 aliphatic rings. The van der Waals surface area contributed by atoms with Crippen molar-refractivity contribution in [1.82, 2.24) is 0 Å². The van der Waals surface area contributed by atoms with Crippen LogP contribution in [0, 0.1) is 17.6 Å². The van der Waals surface area contributed by atoms with E-state index in [4.69, 9.17) is 9.47 Å². The van der Waals surface area contributed by atoms with E-state index in [-0.39, 0.29) is 11.5 Å². The second-order valence-electron chi connectivity index (χ2n) is 6.38. The Morgan fingerprint density at radius 1 is 1.00 bits per heavy atom. The van der Waals surface area contributed by atoms with Gasteiger partial charge in [-0.3, -0.25) is 0 Å². The van der Waals surface area contributed by atoms with Crippen LogP contribution in [0.3, 0.4) is 0 Å². The number of benzene rings is 2. The molecule has 0 bridgehead atoms. The fourth-order valence-corrected chi connectivity index (χ4v) is 4.42. The zero-order valence-electron chi connectivity index (χ0n) is 13.9. The Hall–Kier alpha value is -2.14. The first-order valence-corrected chi connectivity index (χ1v) is 9.15. The van der Waals surface area contributed by atoms with Crippen LogP contribution in [0.25, 0.3) is 20.2 Å². The van der Waals surface area contributed by atoms with E-state index >= 15 is 0 Å². The second kappa shape index (κ2) is 6.30. The van der Waals surface area contributed by atoms with E-state index < -0.39 is 11.6 Å². The fourth-order valence-electron chi connectivity index (χ4n) is 3.26. The summed E-state index contributed by atoms with van der Waals surface area (Å²) in [5.41, 5.74) is 1.22. The fraction of sp³-hybridized carbons (Fsp3) is 0.300. The number of fused-ring (bicyclic) bond motifs is 3. The van der Waals surface area contributed by atoms with E-state index in [0.29, 0.717) is 39.3 Å². The van der Waals surface area contributed by atoms with Gasteiger partial charge in [-0.1, -0.05) is 12.2 Å². The van der Waals surface area contributed by atoms with E-state index in [1.165, 1.54) is 5.57 Å². The van der Waals surface area contributed by atoms with E-state index in [1.54, 1.807) is 31.2 Å². The first-order chi connectivity index (χ1) is 12.1. The minimum absolute atomic E-state index is 0.198. The molecule has 2 aromatic carbocycles. The topological polar surface area (TPSA) is 18.5 Å². The van der Waals surface area contributed by atoms with E-state index in [0.717, 1.165) is 24.2 Å². The van der Waals surface area contributed by atoms with Gasteiger partial charge in [0.15, 0.2) is 23.1 Å². The molecule has 5 heteroatoms. The Kier molecular flexibility index (Phi) is 4.12. The quantitative estimate of drug-likeness (QED) is 0.514. The monoisotopic (exact) mass is 360 g/mol. The van der Waals surface area contributed by atoms with Crippen molar-refractivity contribution in [2.75, 3.05) is 13.2 Å². The van der Waals surface area contributed by atoms with Crippen molar-refractivity contribution in [3.05, 3.63) is 48.1 Å². The van der Waals surface area contributed by atoms with Crippen LogP contribution in [-0.4, -0.2) is 13.2 Å². The van der Waals surface area contributed by atoms with Gasteiger partial charge in [0.25, 0.3) is 0 Å². The number of halogens is 2. The standard InChI is InChI=1S/C20H18F2O2S/c1-3-23-15-6-4-13-14-5-7-16(24-10-12-8-11(2)9-12)18(22)20(14)25-19(13)17(15)21/h4-7,12H,2-3,8-10H2,1H3. The molecular weight excluding hydrogens is 342 g/mol. The predicted octanol–water partition coefficient (Wildman–Crippen LogP) is 6.08. The van der Waals surface area contributed by atoms with Crippen LogP contribution >= 0.6 is 11.3 Å². The normalized spacial score (nSPS) is 14.9. The first-order valence-electron chi connectivity index (χ1n) is 8.34. The van der Waals surface area contributed by atoms with Crippen molar-refractivity contribution in [1.29, 1.82) is 0 Å². The lowest BCUT2D eigenvalue weighted by Crippen LogP contribution is -2.21. The largest absolute Gasteiger partial charge is 0.491 e. The van der Waals surface area contributed by atoms with Crippen molar-refractivity contribution in [2.24, 2.45) is 5.92 Å². The lowest BCUT2D eigenvalue weighted by molar-refractivity contribution is 0.211. The molecule has 1 fully saturated rings. The summed E-state index contributed by atoms with van der Waals surface area (Å²) in [6, 6.07) is 6.80. The van der Waals surface area contributed by atoms with Gasteiger partial charge >= 0.3 is 0 Å². The third-order valence-electron chi connectivity index (χ3n) is 4.55. The number of hydrogen-bond donors (Lipinski definition) is 0. The molecule has 25 heavy (non-hydrogen) atoms. The van der Waals surface area contributed by atoms with Crippen LogP contribution in [0.1, 0.15) is 19.8 Å². The molecule has 4 rings (SSSR count). The van der Waals surface area contributed by atoms with Crippen molar-refractivity contribution >= 4 is 31.5 Å². The number of thiophene rings is 1. The summed E-state index contributed by atoms with van der Waals surface area (Å²) in [7, 11) is 0. The van der Waals surface area contributed by atoms with E-state index in [1.807, 2.05) is 0 Å². The number of rotatable bonds is 5. The summed E-state index contributed by atoms with van der Waals surface area (Å²) in [5, 5.41) is 1.39. The molecule has 0 aliphatic heterocycles. The molecule has 0 radical (unpaired) electrons. The Morgan fingerprint density at radius 3 is 2.08 bits per heavy atom. The molecule has 0 N–H and O–H groups in total. The molecule has 3 aromatic rings. The van der Waals surface area contributed by atoms with Crippen molar-refractivity contribution in [2.45, 2.75) is 19.8 Å². The molecule has 2 nitrogen and oxygen atoms in total. The minimum Gasteiger partial charge on any atom is -0.491 e. The Labute approximate surface area is 148 Å². The van der Waals surface area contributed by atoms with Crippen LogP contribution in [0.5, 0.6) is 11.5 Å². The predicted molar refractivity (Wildman–Crippen MR) is 97.8 cm³/mol. The van der Waals surface area contributed by atoms with Crippen LogP contribution in [0.2, 0.25) is 0 Å². The summed E-state index contributed by atoms with van der Waals surface area (Å²) in [6.07, 6.45) is 1.89. The van der Waals surface area contributed by atoms with E-state index in [9.17, 15) is 8.78 Å². The summed E-state index contributed by atoms with van der Waals surface area (Å²) in [5.74, 6) is -0.0218. The average molecular weight is 360 g/mol. The second-order valence-corrected chi connectivity index (χ2v) is 7.40. The average Bonchev–Trinajstić information content (AvgIpc) is 2.95. The lowest BCUT2D eigenvalue weighted by atomic mass is 9.82. The highest BCUT2D eigenvalue weighted by Crippen LogP contribution is 2.42. The maximum atomic E-state index is 14.9. The van der Waals surface area contributed by atoms with Gasteiger partial charge in [0.05, 0.1) is 22.6 Å². The highest BCUT2D eigenvalue weighted by molar-refractivity contribution is 7.25. The molecule has 1 saturated carbocycles. The van der Waals surface area contributed by atoms with Crippen LogP contribution in [0.15, 0.2) is 36.4 Å². The van der Waals surface area contributed by atoms with Crippen LogP contribution in [-0.2, 0) is 0 Å². The molecule has 0 amide bonds. The summed E-state index contributed by atoms with van der Waals surface area (Å²) < 4.78 is 41.2. The van der Waals surface area contributed by atoms with Gasteiger partial charge < -0.3 is 9.47 Å². The minimum atomic E-state index is -0.435. The zero-order valence-corrected chi connectivity index (χ0v) is 14.7. The molecule has 0 unspecified atom stereocenters. The first kappa shape index (κ1) is 16.3. The highest BCUT2D eigenvalue weighted by Gasteiger charge is 2.23. The molecular formula is C20H18F2O2S. The summed E-state index contributed by atoms with van der Waals surface area (Å²) in [6.45, 7) is 6.57. The Balaban J connectivity index is 1.71. The molecule has 1 aliphatic carbocycles. The van der Waals surface area contributed by atoms with Crippen molar-refractivity contribution in [3.8, 4) is 11.5 Å². The molecule has 0 spiro atoms. The van der Waals surface area contributed by atoms with Crippen LogP contribution in [0.4, 0.5) is 8.78 Å². The van der Waals surface area contributed by atoms with Gasteiger partial charge in [-0.2, -0.15) is 0 Å². The summed E-state index contributed by atoms with van der Waals surface area (Å²) >= 11 is 1.10. The Morgan fingerprint density at radius 2 is 1.56 bits per heavy atom. The molecule has 1 aromatic heterocycles. The number of ether oxygens (including phenoxy) is 2. The number of allylic oxidation sites excluding steroid dienone is 1. The third kappa shape index (κ3) is 2.76. The van der Waals surface area contributed by atoms with Crippen LogP contribution < -0.4 is 9.47 Å². The molecule has 0 saturated heterocycles. The molecule has 1 heterocycles. The lowest BCUT2D eigenvalue weighted by Gasteiger charge is -2.28. The SMILES string of the molecule is C=C1CC(COc2ccc3c(sc4c(F)c(OCC)ccc43)c2F)C1. The van der Waals surface area contributed by atoms with Crippen molar-refractivity contribution < 1.29 is 18.3 Å². The van der Waals surface area contributed by atoms with Gasteiger partial charge in [-0.25, -0.2) is 8.78 Å². The third-order valence-corrected chi connectivity index (χ3v) is 5.75.